The van der Waals surface area contributed by atoms with Crippen LogP contribution in [0, 0.1) is 11.7 Å². The van der Waals surface area contributed by atoms with Gasteiger partial charge in [0.25, 0.3) is 0 Å². The summed E-state index contributed by atoms with van der Waals surface area (Å²) in [6, 6.07) is 11.3. The maximum Gasteiger partial charge on any atom is 0.300 e. The predicted octanol–water partition coefficient (Wildman–Crippen LogP) is 2.63. The first-order valence-electron chi connectivity index (χ1n) is 10.8. The molecule has 1 amide bonds. The maximum atomic E-state index is 13.6. The van der Waals surface area contributed by atoms with Gasteiger partial charge in [0.05, 0.1) is 5.69 Å². The van der Waals surface area contributed by atoms with Crippen LogP contribution in [0.2, 0.25) is 0 Å². The molecule has 3 heterocycles. The Balaban J connectivity index is 1.23. The number of rotatable bonds is 7. The van der Waals surface area contributed by atoms with Crippen molar-refractivity contribution in [2.75, 3.05) is 6.79 Å². The van der Waals surface area contributed by atoms with Crippen LogP contribution in [-0.4, -0.2) is 31.9 Å². The monoisotopic (exact) mass is 463 g/mol. The van der Waals surface area contributed by atoms with E-state index in [0.29, 0.717) is 42.4 Å². The van der Waals surface area contributed by atoms with Gasteiger partial charge in [-0.3, -0.25) is 18.6 Å². The molecule has 10 heteroatoms. The highest BCUT2D eigenvalue weighted by Gasteiger charge is 2.17. The molecule has 174 valence electrons. The first-order valence-corrected chi connectivity index (χ1v) is 10.8. The lowest BCUT2D eigenvalue weighted by Gasteiger charge is -2.11. The summed E-state index contributed by atoms with van der Waals surface area (Å²) in [6.45, 7) is 2.53. The van der Waals surface area contributed by atoms with E-state index in [-0.39, 0.29) is 24.3 Å². The standard InChI is InChI=1S/C24H22FN5O4/c1-15(10-22(31)26-13-16-5-6-19-20(11-16)34-14-33-19)9-21-27-28-23-24(32)29(7-8-30(21)23)18-4-2-3-17(25)12-18/h2-8,11-12,15H,9-10,13-14H2,1H3,(H,26,31)/t15-/m1/s1. The first kappa shape index (κ1) is 21.6. The normalized spacial score (nSPS) is 13.2. The van der Waals surface area contributed by atoms with Gasteiger partial charge >= 0.3 is 5.56 Å². The lowest BCUT2D eigenvalue weighted by atomic mass is 10.0. The number of nitrogens with one attached hydrogen (secondary N) is 1. The molecule has 0 radical (unpaired) electrons. The number of benzene rings is 2. The van der Waals surface area contributed by atoms with Gasteiger partial charge in [-0.1, -0.05) is 19.1 Å². The summed E-state index contributed by atoms with van der Waals surface area (Å²) in [5.74, 6) is 1.40. The predicted molar refractivity (Wildman–Crippen MR) is 120 cm³/mol. The van der Waals surface area contributed by atoms with E-state index in [1.165, 1.54) is 22.8 Å². The number of carbonyl (C=O) groups excluding carboxylic acids is 1. The van der Waals surface area contributed by atoms with Crippen molar-refractivity contribution >= 4 is 11.6 Å². The third kappa shape index (κ3) is 4.34. The number of amides is 1. The van der Waals surface area contributed by atoms with Crippen molar-refractivity contribution in [3.05, 3.63) is 82.4 Å². The second-order valence-corrected chi connectivity index (χ2v) is 8.24. The minimum atomic E-state index is -0.433. The number of nitrogens with zero attached hydrogens (tertiary/aromatic N) is 4. The zero-order valence-corrected chi connectivity index (χ0v) is 18.4. The van der Waals surface area contributed by atoms with Crippen molar-refractivity contribution in [1.29, 1.82) is 0 Å². The molecule has 34 heavy (non-hydrogen) atoms. The minimum Gasteiger partial charge on any atom is -0.454 e. The van der Waals surface area contributed by atoms with E-state index in [1.807, 2.05) is 25.1 Å². The molecule has 2 aromatic heterocycles. The van der Waals surface area contributed by atoms with Crippen LogP contribution >= 0.6 is 0 Å². The summed E-state index contributed by atoms with van der Waals surface area (Å²) in [6.07, 6.45) is 3.98. The second kappa shape index (κ2) is 8.97. The minimum absolute atomic E-state index is 0.0326. The van der Waals surface area contributed by atoms with Crippen LogP contribution in [0.15, 0.2) is 59.7 Å². The summed E-state index contributed by atoms with van der Waals surface area (Å²) in [5.41, 5.74) is 1.06. The smallest absolute Gasteiger partial charge is 0.300 e. The summed E-state index contributed by atoms with van der Waals surface area (Å²) in [5, 5.41) is 11.1. The highest BCUT2D eigenvalue weighted by atomic mass is 19.1. The molecule has 1 atom stereocenters. The Hall–Kier alpha value is -4.21. The number of hydrogen-bond acceptors (Lipinski definition) is 6. The van der Waals surface area contributed by atoms with Crippen LogP contribution in [0.4, 0.5) is 4.39 Å². The van der Waals surface area contributed by atoms with E-state index in [1.54, 1.807) is 22.9 Å². The molecule has 1 aliphatic rings. The Morgan fingerprint density at radius 3 is 2.85 bits per heavy atom. The van der Waals surface area contributed by atoms with Gasteiger partial charge in [-0.05, 0) is 41.8 Å². The van der Waals surface area contributed by atoms with Gasteiger partial charge in [0, 0.05) is 31.8 Å². The highest BCUT2D eigenvalue weighted by molar-refractivity contribution is 5.76. The molecule has 0 saturated heterocycles. The fourth-order valence-electron chi connectivity index (χ4n) is 3.93. The van der Waals surface area contributed by atoms with Gasteiger partial charge in [-0.2, -0.15) is 0 Å². The van der Waals surface area contributed by atoms with Crippen molar-refractivity contribution in [2.45, 2.75) is 26.3 Å². The molecule has 0 bridgehead atoms. The van der Waals surface area contributed by atoms with Gasteiger partial charge in [-0.25, -0.2) is 4.39 Å². The zero-order valence-electron chi connectivity index (χ0n) is 18.4. The molecule has 1 N–H and O–H groups in total. The van der Waals surface area contributed by atoms with Gasteiger partial charge < -0.3 is 14.8 Å². The molecule has 2 aromatic carbocycles. The van der Waals surface area contributed by atoms with Crippen LogP contribution in [-0.2, 0) is 17.8 Å². The third-order valence-electron chi connectivity index (χ3n) is 5.62. The van der Waals surface area contributed by atoms with Crippen LogP contribution in [0.5, 0.6) is 11.5 Å². The number of hydrogen-bond donors (Lipinski definition) is 1. The van der Waals surface area contributed by atoms with E-state index >= 15 is 0 Å². The van der Waals surface area contributed by atoms with Gasteiger partial charge in [0.2, 0.25) is 18.3 Å². The fourth-order valence-corrected chi connectivity index (χ4v) is 3.93. The lowest BCUT2D eigenvalue weighted by Crippen LogP contribution is -2.25. The SMILES string of the molecule is C[C@@H](CC(=O)NCc1ccc2c(c1)OCO2)Cc1nnc2c(=O)n(-c3cccc(F)c3)ccn12. The Morgan fingerprint density at radius 2 is 2.00 bits per heavy atom. The van der Waals surface area contributed by atoms with Crippen LogP contribution in [0.25, 0.3) is 11.3 Å². The molecule has 0 saturated carbocycles. The molecule has 4 aromatic rings. The van der Waals surface area contributed by atoms with Crippen LogP contribution in [0.3, 0.4) is 0 Å². The van der Waals surface area contributed by atoms with Gasteiger partial charge in [0.1, 0.15) is 11.6 Å². The van der Waals surface area contributed by atoms with E-state index in [2.05, 4.69) is 15.5 Å². The number of ether oxygens (including phenoxy) is 2. The van der Waals surface area contributed by atoms with Crippen LogP contribution in [0.1, 0.15) is 24.7 Å². The largest absolute Gasteiger partial charge is 0.454 e. The Bertz CT molecular complexity index is 1430. The van der Waals surface area contributed by atoms with Gasteiger partial charge in [0.15, 0.2) is 11.5 Å². The molecule has 0 fully saturated rings. The van der Waals surface area contributed by atoms with E-state index in [9.17, 15) is 14.0 Å². The number of carbonyl (C=O) groups is 1. The number of aromatic nitrogens is 4. The third-order valence-corrected chi connectivity index (χ3v) is 5.62. The van der Waals surface area contributed by atoms with E-state index < -0.39 is 11.4 Å². The molecule has 0 spiro atoms. The fraction of sp³-hybridized carbons (Fsp3) is 0.250. The number of halogens is 1. The molecule has 1 aliphatic heterocycles. The van der Waals surface area contributed by atoms with Gasteiger partial charge in [-0.15, -0.1) is 10.2 Å². The molecular formula is C24H22FN5O4. The molecule has 9 nitrogen and oxygen atoms in total. The Labute approximate surface area is 193 Å². The van der Waals surface area contributed by atoms with Crippen molar-refractivity contribution in [1.82, 2.24) is 24.5 Å². The van der Waals surface area contributed by atoms with E-state index in [4.69, 9.17) is 9.47 Å². The molecule has 0 unspecified atom stereocenters. The van der Waals surface area contributed by atoms with Crippen LogP contribution < -0.4 is 20.3 Å². The Kier molecular flexibility index (Phi) is 5.70. The van der Waals surface area contributed by atoms with Crippen molar-refractivity contribution in [3.63, 3.8) is 0 Å². The summed E-state index contributed by atoms with van der Waals surface area (Å²) < 4.78 is 27.2. The Morgan fingerprint density at radius 1 is 1.15 bits per heavy atom. The summed E-state index contributed by atoms with van der Waals surface area (Å²) in [4.78, 5) is 25.3. The van der Waals surface area contributed by atoms with Crippen molar-refractivity contribution in [2.24, 2.45) is 5.92 Å². The lowest BCUT2D eigenvalue weighted by molar-refractivity contribution is -0.122. The zero-order chi connectivity index (χ0) is 23.7. The number of fused-ring (bicyclic) bond motifs is 2. The van der Waals surface area contributed by atoms with Crippen molar-refractivity contribution < 1.29 is 18.7 Å². The highest BCUT2D eigenvalue weighted by Crippen LogP contribution is 2.32. The van der Waals surface area contributed by atoms with E-state index in [0.717, 1.165) is 5.56 Å². The molecule has 5 rings (SSSR count). The maximum absolute atomic E-state index is 13.6. The summed E-state index contributed by atoms with van der Waals surface area (Å²) in [7, 11) is 0. The topological polar surface area (TPSA) is 99.8 Å². The average Bonchev–Trinajstić information content (AvgIpc) is 3.45. The second-order valence-electron chi connectivity index (χ2n) is 8.24. The van der Waals surface area contributed by atoms with Crippen molar-refractivity contribution in [3.8, 4) is 17.2 Å². The first-order chi connectivity index (χ1) is 16.5. The average molecular weight is 463 g/mol. The molecule has 0 aliphatic carbocycles. The molecular weight excluding hydrogens is 441 g/mol. The quantitative estimate of drug-likeness (QED) is 0.452. The summed E-state index contributed by atoms with van der Waals surface area (Å²) >= 11 is 0.